The van der Waals surface area contributed by atoms with Gasteiger partial charge in [0.2, 0.25) is 11.0 Å². The molecule has 9 aromatic rings. The summed E-state index contributed by atoms with van der Waals surface area (Å²) in [6.45, 7) is 0. The first-order valence-corrected chi connectivity index (χ1v) is 13.6. The third-order valence-electron chi connectivity index (χ3n) is 7.55. The molecule has 0 atom stereocenters. The second-order valence-electron chi connectivity index (χ2n) is 9.52. The molecule has 4 heterocycles. The summed E-state index contributed by atoms with van der Waals surface area (Å²) in [7, 11) is 0. The van der Waals surface area contributed by atoms with Crippen molar-refractivity contribution in [2.45, 2.75) is 0 Å². The molecule has 0 fully saturated rings. The van der Waals surface area contributed by atoms with Crippen molar-refractivity contribution in [1.29, 1.82) is 0 Å². The van der Waals surface area contributed by atoms with E-state index in [1.807, 2.05) is 29.5 Å². The van der Waals surface area contributed by atoms with Crippen LogP contribution in [0.2, 0.25) is 5.28 Å². The molecule has 0 aliphatic rings. The van der Waals surface area contributed by atoms with Crippen molar-refractivity contribution in [2.75, 3.05) is 0 Å². The maximum atomic E-state index is 6.54. The van der Waals surface area contributed by atoms with Crippen LogP contribution >= 0.6 is 22.9 Å². The van der Waals surface area contributed by atoms with E-state index in [1.165, 1.54) is 41.7 Å². The summed E-state index contributed by atoms with van der Waals surface area (Å²) < 4.78 is 11.0. The summed E-state index contributed by atoms with van der Waals surface area (Å²) >= 11 is 8.39. The Morgan fingerprint density at radius 2 is 1.32 bits per heavy atom. The first kappa shape index (κ1) is 20.6. The van der Waals surface area contributed by atoms with Crippen LogP contribution in [0, 0.1) is 0 Å². The van der Waals surface area contributed by atoms with Gasteiger partial charge in [-0.15, -0.1) is 11.3 Å². The average Bonchev–Trinajstić information content (AvgIpc) is 3.62. The molecule has 6 heteroatoms. The number of halogens is 1. The molecular formula is C32H16ClN3OS. The van der Waals surface area contributed by atoms with E-state index in [-0.39, 0.29) is 5.28 Å². The topological polar surface area (TPSA) is 43.9 Å². The van der Waals surface area contributed by atoms with Crippen LogP contribution in [0.4, 0.5) is 0 Å². The number of nitrogens with zero attached hydrogens (tertiary/aromatic N) is 3. The lowest BCUT2D eigenvalue weighted by Gasteiger charge is -2.11. The van der Waals surface area contributed by atoms with Gasteiger partial charge in [-0.25, -0.2) is 0 Å². The summed E-state index contributed by atoms with van der Waals surface area (Å²) in [6, 6.07) is 33.9. The zero-order chi connectivity index (χ0) is 25.0. The molecule has 5 aromatic carbocycles. The molecule has 0 aliphatic heterocycles. The number of thiophene rings is 1. The van der Waals surface area contributed by atoms with Gasteiger partial charge in [0, 0.05) is 41.7 Å². The fraction of sp³-hybridized carbons (Fsp3) is 0. The minimum atomic E-state index is 0.157. The van der Waals surface area contributed by atoms with Gasteiger partial charge in [-0.1, -0.05) is 78.9 Å². The fourth-order valence-corrected chi connectivity index (χ4v) is 7.52. The third-order valence-corrected chi connectivity index (χ3v) is 8.91. The van der Waals surface area contributed by atoms with Crippen LogP contribution in [0.3, 0.4) is 0 Å². The van der Waals surface area contributed by atoms with Gasteiger partial charge in [-0.05, 0) is 35.2 Å². The van der Waals surface area contributed by atoms with Crippen molar-refractivity contribution < 1.29 is 4.42 Å². The molecule has 4 nitrogen and oxygen atoms in total. The SMILES string of the molecule is Clc1nc(-n2c3ccccc3c3c4sc5ccccc5c4c4ccccc4c32)c2c(n1)oc1ccccc12. The quantitative estimate of drug-likeness (QED) is 0.200. The van der Waals surface area contributed by atoms with Crippen LogP contribution in [0.1, 0.15) is 0 Å². The van der Waals surface area contributed by atoms with Crippen LogP contribution in [0.25, 0.3) is 80.6 Å². The number of hydrogen-bond acceptors (Lipinski definition) is 4. The molecule has 0 spiro atoms. The molecule has 0 bridgehead atoms. The average molecular weight is 526 g/mol. The molecule has 0 unspecified atom stereocenters. The Kier molecular flexibility index (Phi) is 3.96. The van der Waals surface area contributed by atoms with Gasteiger partial charge in [0.05, 0.1) is 16.4 Å². The molecule has 38 heavy (non-hydrogen) atoms. The number of para-hydroxylation sites is 2. The van der Waals surface area contributed by atoms with Gasteiger partial charge in [0.1, 0.15) is 5.58 Å². The fourth-order valence-electron chi connectivity index (χ4n) is 6.08. The summed E-state index contributed by atoms with van der Waals surface area (Å²) in [6.07, 6.45) is 0. The zero-order valence-electron chi connectivity index (χ0n) is 19.8. The normalized spacial score (nSPS) is 12.3. The molecule has 0 aliphatic carbocycles. The Morgan fingerprint density at radius 1 is 0.632 bits per heavy atom. The van der Waals surface area contributed by atoms with E-state index in [1.54, 1.807) is 0 Å². The van der Waals surface area contributed by atoms with Crippen LogP contribution in [-0.4, -0.2) is 14.5 Å². The Balaban J connectivity index is 1.62. The summed E-state index contributed by atoms with van der Waals surface area (Å²) in [4.78, 5) is 9.32. The molecule has 0 radical (unpaired) electrons. The smallest absolute Gasteiger partial charge is 0.233 e. The minimum absolute atomic E-state index is 0.157. The Bertz CT molecular complexity index is 2430. The lowest BCUT2D eigenvalue weighted by atomic mass is 10.00. The third kappa shape index (κ3) is 2.55. The predicted molar refractivity (Wildman–Crippen MR) is 159 cm³/mol. The van der Waals surface area contributed by atoms with Crippen molar-refractivity contribution in [1.82, 2.24) is 14.5 Å². The summed E-state index contributed by atoms with van der Waals surface area (Å²) in [5, 5.41) is 9.37. The summed E-state index contributed by atoms with van der Waals surface area (Å²) in [5.41, 5.74) is 3.43. The highest BCUT2D eigenvalue weighted by atomic mass is 35.5. The molecule has 0 N–H and O–H groups in total. The number of hydrogen-bond donors (Lipinski definition) is 0. The van der Waals surface area contributed by atoms with Crippen molar-refractivity contribution in [3.05, 3.63) is 102 Å². The van der Waals surface area contributed by atoms with Crippen molar-refractivity contribution in [2.24, 2.45) is 0 Å². The molecular weight excluding hydrogens is 510 g/mol. The van der Waals surface area contributed by atoms with Gasteiger partial charge in [0.15, 0.2) is 5.82 Å². The van der Waals surface area contributed by atoms with E-state index in [2.05, 4.69) is 88.4 Å². The molecule has 0 saturated carbocycles. The molecule has 4 aromatic heterocycles. The zero-order valence-corrected chi connectivity index (χ0v) is 21.3. The van der Waals surface area contributed by atoms with Gasteiger partial charge >= 0.3 is 0 Å². The van der Waals surface area contributed by atoms with E-state index in [9.17, 15) is 0 Å². The van der Waals surface area contributed by atoms with Gasteiger partial charge < -0.3 is 4.42 Å². The number of aromatic nitrogens is 3. The van der Waals surface area contributed by atoms with Gasteiger partial charge in [-0.3, -0.25) is 4.57 Å². The summed E-state index contributed by atoms with van der Waals surface area (Å²) in [5.74, 6) is 0.724. The first-order valence-electron chi connectivity index (χ1n) is 12.4. The lowest BCUT2D eigenvalue weighted by molar-refractivity contribution is 0.652. The monoisotopic (exact) mass is 525 g/mol. The van der Waals surface area contributed by atoms with Crippen LogP contribution in [-0.2, 0) is 0 Å². The second kappa shape index (κ2) is 7.32. The van der Waals surface area contributed by atoms with E-state index < -0.39 is 0 Å². The highest BCUT2D eigenvalue weighted by molar-refractivity contribution is 7.27. The highest BCUT2D eigenvalue weighted by Crippen LogP contribution is 2.48. The minimum Gasteiger partial charge on any atom is -0.437 e. The second-order valence-corrected chi connectivity index (χ2v) is 10.9. The van der Waals surface area contributed by atoms with E-state index >= 15 is 0 Å². The largest absolute Gasteiger partial charge is 0.437 e. The number of furan rings is 1. The number of benzene rings is 5. The standard InChI is InChI=1S/C32H16ClN3OS/c33-32-34-30(27-20-12-4-7-15-23(20)37-31(27)35-32)36-22-14-6-3-11-19(22)26-28(36)18-10-2-1-9-17(18)25-21-13-5-8-16-24(21)38-29(25)26/h1-16H. The van der Waals surface area contributed by atoms with Crippen molar-refractivity contribution in [3.63, 3.8) is 0 Å². The van der Waals surface area contributed by atoms with E-state index in [4.69, 9.17) is 21.0 Å². The maximum absolute atomic E-state index is 6.54. The molecule has 0 saturated heterocycles. The van der Waals surface area contributed by atoms with Crippen molar-refractivity contribution in [3.8, 4) is 5.82 Å². The Hall–Kier alpha value is -4.45. The van der Waals surface area contributed by atoms with Gasteiger partial charge in [0.25, 0.3) is 0 Å². The molecule has 178 valence electrons. The van der Waals surface area contributed by atoms with Crippen LogP contribution in [0.15, 0.2) is 101 Å². The Labute approximate surface area is 224 Å². The van der Waals surface area contributed by atoms with Gasteiger partial charge in [-0.2, -0.15) is 9.97 Å². The van der Waals surface area contributed by atoms with E-state index in [0.29, 0.717) is 5.71 Å². The first-order chi connectivity index (χ1) is 18.8. The van der Waals surface area contributed by atoms with Crippen LogP contribution in [0.5, 0.6) is 0 Å². The lowest BCUT2D eigenvalue weighted by Crippen LogP contribution is -2.00. The number of fused-ring (bicyclic) bond motifs is 13. The highest BCUT2D eigenvalue weighted by Gasteiger charge is 2.24. The van der Waals surface area contributed by atoms with E-state index in [0.717, 1.165) is 33.2 Å². The molecule has 0 amide bonds. The maximum Gasteiger partial charge on any atom is 0.233 e. The van der Waals surface area contributed by atoms with Crippen molar-refractivity contribution >= 4 is 97.8 Å². The van der Waals surface area contributed by atoms with Crippen LogP contribution < -0.4 is 0 Å². The number of rotatable bonds is 1. The Morgan fingerprint density at radius 3 is 2.18 bits per heavy atom. The molecule has 9 rings (SSSR count). The predicted octanol–water partition coefficient (Wildman–Crippen LogP) is 9.65.